The van der Waals surface area contributed by atoms with Crippen LogP contribution in [-0.4, -0.2) is 48.4 Å². The van der Waals surface area contributed by atoms with Crippen LogP contribution in [0.25, 0.3) is 0 Å². The maximum Gasteiger partial charge on any atom is 0.260 e. The molecule has 0 aliphatic carbocycles. The first kappa shape index (κ1) is 15.5. The summed E-state index contributed by atoms with van der Waals surface area (Å²) >= 11 is 0. The van der Waals surface area contributed by atoms with Crippen molar-refractivity contribution in [1.82, 2.24) is 19.6 Å². The molecular weight excluding hydrogens is 276 g/mol. The Morgan fingerprint density at radius 3 is 2.65 bits per heavy atom. The molecule has 0 spiro atoms. The van der Waals surface area contributed by atoms with Gasteiger partial charge in [0.1, 0.15) is 5.82 Å². The van der Waals surface area contributed by atoms with Crippen LogP contribution in [0.5, 0.6) is 0 Å². The first-order valence-electron chi connectivity index (χ1n) is 7.35. The summed E-state index contributed by atoms with van der Waals surface area (Å²) in [6.45, 7) is 6.22. The SMILES string of the molecule is CCCNC1CCN(S(=O)(=O)c2cnc(CC)[nH]2)CC1. The zero-order chi connectivity index (χ0) is 14.6. The maximum absolute atomic E-state index is 12.5. The molecule has 114 valence electrons. The van der Waals surface area contributed by atoms with Gasteiger partial charge in [-0.15, -0.1) is 0 Å². The molecule has 2 heterocycles. The van der Waals surface area contributed by atoms with E-state index in [4.69, 9.17) is 0 Å². The van der Waals surface area contributed by atoms with Gasteiger partial charge in [-0.25, -0.2) is 13.4 Å². The molecule has 0 aromatic carbocycles. The number of sulfonamides is 1. The average Bonchev–Trinajstić information content (AvgIpc) is 2.95. The highest BCUT2D eigenvalue weighted by Crippen LogP contribution is 2.19. The lowest BCUT2D eigenvalue weighted by Gasteiger charge is -2.31. The molecule has 1 fully saturated rings. The molecule has 0 saturated carbocycles. The third kappa shape index (κ3) is 3.39. The van der Waals surface area contributed by atoms with Crippen molar-refractivity contribution in [2.45, 2.75) is 50.6 Å². The van der Waals surface area contributed by atoms with E-state index < -0.39 is 10.0 Å². The zero-order valence-electron chi connectivity index (χ0n) is 12.2. The van der Waals surface area contributed by atoms with Gasteiger partial charge in [0.25, 0.3) is 10.0 Å². The van der Waals surface area contributed by atoms with Crippen molar-refractivity contribution in [2.75, 3.05) is 19.6 Å². The van der Waals surface area contributed by atoms with Gasteiger partial charge in [-0.3, -0.25) is 0 Å². The van der Waals surface area contributed by atoms with Crippen LogP contribution in [0.1, 0.15) is 38.9 Å². The first-order valence-corrected chi connectivity index (χ1v) is 8.79. The first-order chi connectivity index (χ1) is 9.57. The maximum atomic E-state index is 12.5. The summed E-state index contributed by atoms with van der Waals surface area (Å²) in [6, 6.07) is 0.439. The largest absolute Gasteiger partial charge is 0.332 e. The van der Waals surface area contributed by atoms with E-state index in [1.54, 1.807) is 4.31 Å². The van der Waals surface area contributed by atoms with Crippen LogP contribution >= 0.6 is 0 Å². The molecule has 1 aromatic rings. The van der Waals surface area contributed by atoms with Crippen molar-refractivity contribution >= 4 is 10.0 Å². The van der Waals surface area contributed by atoms with E-state index in [1.165, 1.54) is 6.20 Å². The third-order valence-corrected chi connectivity index (χ3v) is 5.50. The highest BCUT2D eigenvalue weighted by molar-refractivity contribution is 7.89. The van der Waals surface area contributed by atoms with E-state index in [1.807, 2.05) is 6.92 Å². The predicted molar refractivity (Wildman–Crippen MR) is 78.0 cm³/mol. The van der Waals surface area contributed by atoms with E-state index in [2.05, 4.69) is 22.2 Å². The van der Waals surface area contributed by atoms with E-state index in [0.29, 0.717) is 31.4 Å². The highest BCUT2D eigenvalue weighted by atomic mass is 32.2. The predicted octanol–water partition coefficient (Wildman–Crippen LogP) is 1.12. The minimum atomic E-state index is -3.41. The van der Waals surface area contributed by atoms with Crippen molar-refractivity contribution in [3.05, 3.63) is 12.0 Å². The van der Waals surface area contributed by atoms with Gasteiger partial charge >= 0.3 is 0 Å². The molecule has 1 saturated heterocycles. The van der Waals surface area contributed by atoms with Crippen LogP contribution in [0.3, 0.4) is 0 Å². The molecule has 6 nitrogen and oxygen atoms in total. The lowest BCUT2D eigenvalue weighted by atomic mass is 10.1. The van der Waals surface area contributed by atoms with Gasteiger partial charge in [0, 0.05) is 25.6 Å². The Labute approximate surface area is 121 Å². The lowest BCUT2D eigenvalue weighted by Crippen LogP contribution is -2.45. The Bertz CT molecular complexity index is 518. The quantitative estimate of drug-likeness (QED) is 0.825. The highest BCUT2D eigenvalue weighted by Gasteiger charge is 2.30. The molecule has 0 bridgehead atoms. The summed E-state index contributed by atoms with van der Waals surface area (Å²) in [6.07, 6.45) is 4.97. The number of rotatable bonds is 6. The number of aromatic nitrogens is 2. The van der Waals surface area contributed by atoms with E-state index >= 15 is 0 Å². The number of piperidine rings is 1. The fourth-order valence-corrected chi connectivity index (χ4v) is 3.84. The van der Waals surface area contributed by atoms with Gasteiger partial charge in [0.15, 0.2) is 5.03 Å². The third-order valence-electron chi connectivity index (χ3n) is 3.69. The Morgan fingerprint density at radius 1 is 1.40 bits per heavy atom. The fourth-order valence-electron chi connectivity index (χ4n) is 2.44. The molecule has 7 heteroatoms. The number of H-pyrrole nitrogens is 1. The van der Waals surface area contributed by atoms with E-state index in [-0.39, 0.29) is 5.03 Å². The number of nitrogens with one attached hydrogen (secondary N) is 2. The minimum Gasteiger partial charge on any atom is -0.332 e. The average molecular weight is 300 g/mol. The Kier molecular flexibility index (Phi) is 5.17. The lowest BCUT2D eigenvalue weighted by molar-refractivity contribution is 0.289. The van der Waals surface area contributed by atoms with Gasteiger partial charge in [0.2, 0.25) is 0 Å². The number of nitrogens with zero attached hydrogens (tertiary/aromatic N) is 2. The zero-order valence-corrected chi connectivity index (χ0v) is 13.0. The number of imidazole rings is 1. The van der Waals surface area contributed by atoms with E-state index in [9.17, 15) is 8.42 Å². The summed E-state index contributed by atoms with van der Waals surface area (Å²) in [5, 5.41) is 3.67. The Morgan fingerprint density at radius 2 is 2.10 bits per heavy atom. The number of hydrogen-bond acceptors (Lipinski definition) is 4. The minimum absolute atomic E-state index is 0.217. The molecule has 0 radical (unpaired) electrons. The number of hydrogen-bond donors (Lipinski definition) is 2. The molecule has 1 aromatic heterocycles. The van der Waals surface area contributed by atoms with Crippen LogP contribution < -0.4 is 5.32 Å². The van der Waals surface area contributed by atoms with Crippen molar-refractivity contribution < 1.29 is 8.42 Å². The molecule has 1 aliphatic heterocycles. The Balaban J connectivity index is 1.98. The van der Waals surface area contributed by atoms with Crippen molar-refractivity contribution in [3.63, 3.8) is 0 Å². The van der Waals surface area contributed by atoms with Crippen LogP contribution in [0, 0.1) is 0 Å². The molecular formula is C13H24N4O2S. The topological polar surface area (TPSA) is 78.1 Å². The fraction of sp³-hybridized carbons (Fsp3) is 0.769. The van der Waals surface area contributed by atoms with Gasteiger partial charge in [0.05, 0.1) is 6.20 Å². The van der Waals surface area contributed by atoms with Crippen molar-refractivity contribution in [3.8, 4) is 0 Å². The van der Waals surface area contributed by atoms with Gasteiger partial charge in [-0.2, -0.15) is 4.31 Å². The van der Waals surface area contributed by atoms with Crippen molar-refractivity contribution in [2.24, 2.45) is 0 Å². The van der Waals surface area contributed by atoms with E-state index in [0.717, 1.165) is 25.8 Å². The summed E-state index contributed by atoms with van der Waals surface area (Å²) in [7, 11) is -3.41. The Hall–Kier alpha value is -0.920. The van der Waals surface area contributed by atoms with Crippen LogP contribution in [0.4, 0.5) is 0 Å². The molecule has 1 aliphatic rings. The summed E-state index contributed by atoms with van der Waals surface area (Å²) in [5.41, 5.74) is 0. The van der Waals surface area contributed by atoms with Gasteiger partial charge in [-0.1, -0.05) is 13.8 Å². The molecule has 0 unspecified atom stereocenters. The van der Waals surface area contributed by atoms with Crippen LogP contribution in [0.2, 0.25) is 0 Å². The second kappa shape index (κ2) is 6.69. The normalized spacial score (nSPS) is 18.5. The number of aryl methyl sites for hydroxylation is 1. The molecule has 0 amide bonds. The molecule has 20 heavy (non-hydrogen) atoms. The molecule has 0 atom stereocenters. The van der Waals surface area contributed by atoms with Gasteiger partial charge < -0.3 is 10.3 Å². The van der Waals surface area contributed by atoms with Crippen molar-refractivity contribution in [1.29, 1.82) is 0 Å². The van der Waals surface area contributed by atoms with Crippen LogP contribution in [-0.2, 0) is 16.4 Å². The number of aromatic amines is 1. The monoisotopic (exact) mass is 300 g/mol. The second-order valence-corrected chi connectivity index (χ2v) is 7.09. The molecule has 2 rings (SSSR count). The molecule has 2 N–H and O–H groups in total. The smallest absolute Gasteiger partial charge is 0.260 e. The van der Waals surface area contributed by atoms with Gasteiger partial charge in [-0.05, 0) is 25.8 Å². The summed E-state index contributed by atoms with van der Waals surface area (Å²) in [4.78, 5) is 6.97. The summed E-state index contributed by atoms with van der Waals surface area (Å²) < 4.78 is 26.5. The summed E-state index contributed by atoms with van der Waals surface area (Å²) in [5.74, 6) is 0.711. The van der Waals surface area contributed by atoms with Crippen LogP contribution in [0.15, 0.2) is 11.2 Å². The second-order valence-electron chi connectivity index (χ2n) is 5.18. The standard InChI is InChI=1S/C13H24N4O2S/c1-3-7-14-11-5-8-17(9-6-11)20(18,19)13-10-15-12(4-2)16-13/h10-11,14H,3-9H2,1-2H3,(H,15,16).